The van der Waals surface area contributed by atoms with E-state index in [0.29, 0.717) is 5.92 Å². The van der Waals surface area contributed by atoms with Crippen LogP contribution in [0.3, 0.4) is 0 Å². The van der Waals surface area contributed by atoms with Crippen LogP contribution >= 0.6 is 0 Å². The Morgan fingerprint density at radius 2 is 0.933 bits per heavy atom. The van der Waals surface area contributed by atoms with Crippen LogP contribution in [0, 0.1) is 5.92 Å². The van der Waals surface area contributed by atoms with Crippen LogP contribution in [0.25, 0.3) is 0 Å². The fourth-order valence-corrected chi connectivity index (χ4v) is 4.57. The monoisotopic (exact) mass is 424 g/mol. The Kier molecular flexibility index (Phi) is 10.2. The highest BCUT2D eigenvalue weighted by Crippen LogP contribution is 2.12. The Labute approximate surface area is 183 Å². The molecule has 0 aromatic carbocycles. The van der Waals surface area contributed by atoms with Crippen LogP contribution < -0.4 is 0 Å². The maximum absolute atomic E-state index is 12.5. The summed E-state index contributed by atoms with van der Waals surface area (Å²) in [5.41, 5.74) is 0. The topological polar surface area (TPSA) is 53.6 Å². The molecule has 0 unspecified atom stereocenters. The van der Waals surface area contributed by atoms with Gasteiger partial charge in [-0.3, -0.25) is 9.80 Å². The first-order chi connectivity index (χ1) is 14.4. The molecular weight excluding hydrogens is 380 g/mol. The van der Waals surface area contributed by atoms with Gasteiger partial charge in [0.1, 0.15) is 0 Å². The van der Waals surface area contributed by atoms with Gasteiger partial charge in [0.2, 0.25) is 0 Å². The molecule has 4 amide bonds. The predicted molar refractivity (Wildman–Crippen MR) is 122 cm³/mol. The van der Waals surface area contributed by atoms with Crippen molar-refractivity contribution in [3.05, 3.63) is 0 Å². The molecule has 0 spiro atoms. The van der Waals surface area contributed by atoms with Gasteiger partial charge in [-0.15, -0.1) is 0 Å². The molecule has 0 aromatic rings. The van der Waals surface area contributed by atoms with E-state index in [1.807, 2.05) is 47.3 Å². The minimum absolute atomic E-state index is 0.185. The minimum atomic E-state index is 0.185. The van der Waals surface area contributed by atoms with Crippen LogP contribution in [0.15, 0.2) is 0 Å². The highest BCUT2D eigenvalue weighted by atomic mass is 16.2. The minimum Gasteiger partial charge on any atom is -0.325 e. The van der Waals surface area contributed by atoms with Crippen LogP contribution in [0.4, 0.5) is 9.59 Å². The van der Waals surface area contributed by atoms with E-state index in [4.69, 9.17) is 0 Å². The lowest BCUT2D eigenvalue weighted by Gasteiger charge is -2.40. The molecule has 8 heteroatoms. The first-order valence-corrected chi connectivity index (χ1v) is 12.0. The molecule has 2 heterocycles. The molecule has 8 nitrogen and oxygen atoms in total. The summed E-state index contributed by atoms with van der Waals surface area (Å²) < 4.78 is 0. The van der Waals surface area contributed by atoms with Crippen molar-refractivity contribution < 1.29 is 9.59 Å². The van der Waals surface area contributed by atoms with E-state index in [1.54, 1.807) is 0 Å². The Morgan fingerprint density at radius 3 is 1.20 bits per heavy atom. The molecule has 0 aromatic heterocycles. The summed E-state index contributed by atoms with van der Waals surface area (Å²) in [6.45, 7) is 22.9. The zero-order valence-corrected chi connectivity index (χ0v) is 20.0. The Balaban J connectivity index is 1.68. The number of piperazine rings is 2. The SMILES string of the molecule is CCN(CC)C(=O)N1CCN(CC(C)CN2CCN(C(=O)N(CC)CC)CC2)CC1. The quantitative estimate of drug-likeness (QED) is 0.596. The summed E-state index contributed by atoms with van der Waals surface area (Å²) in [6, 6.07) is 0.370. The fourth-order valence-electron chi connectivity index (χ4n) is 4.57. The van der Waals surface area contributed by atoms with Crippen molar-refractivity contribution in [3.8, 4) is 0 Å². The first kappa shape index (κ1) is 24.7. The molecule has 0 saturated carbocycles. The van der Waals surface area contributed by atoms with Crippen molar-refractivity contribution in [1.82, 2.24) is 29.4 Å². The number of carbonyl (C=O) groups excluding carboxylic acids is 2. The van der Waals surface area contributed by atoms with E-state index in [1.165, 1.54) is 0 Å². The zero-order chi connectivity index (χ0) is 22.1. The average Bonchev–Trinajstić information content (AvgIpc) is 2.76. The van der Waals surface area contributed by atoms with Crippen molar-refractivity contribution in [2.45, 2.75) is 34.6 Å². The van der Waals surface area contributed by atoms with Crippen LogP contribution in [-0.4, -0.2) is 133 Å². The Morgan fingerprint density at radius 1 is 0.633 bits per heavy atom. The molecule has 2 aliphatic rings. The van der Waals surface area contributed by atoms with Crippen molar-refractivity contribution in [2.75, 3.05) is 91.6 Å². The van der Waals surface area contributed by atoms with Crippen LogP contribution in [0.1, 0.15) is 34.6 Å². The molecule has 30 heavy (non-hydrogen) atoms. The van der Waals surface area contributed by atoms with E-state index >= 15 is 0 Å². The number of rotatable bonds is 8. The van der Waals surface area contributed by atoms with Crippen molar-refractivity contribution >= 4 is 12.1 Å². The number of urea groups is 2. The summed E-state index contributed by atoms with van der Waals surface area (Å²) in [6.07, 6.45) is 0. The number of hydrogen-bond donors (Lipinski definition) is 0. The van der Waals surface area contributed by atoms with Crippen LogP contribution in [0.2, 0.25) is 0 Å². The third kappa shape index (κ3) is 6.74. The molecular formula is C22H44N6O2. The Bertz CT molecular complexity index is 476. The van der Waals surface area contributed by atoms with Gasteiger partial charge in [0.15, 0.2) is 0 Å². The third-order valence-electron chi connectivity index (χ3n) is 6.49. The average molecular weight is 425 g/mol. The van der Waals surface area contributed by atoms with Crippen LogP contribution in [-0.2, 0) is 0 Å². The second-order valence-corrected chi connectivity index (χ2v) is 8.59. The molecule has 2 fully saturated rings. The smallest absolute Gasteiger partial charge is 0.320 e. The second kappa shape index (κ2) is 12.3. The van der Waals surface area contributed by atoms with E-state index in [9.17, 15) is 9.59 Å². The fraction of sp³-hybridized carbons (Fsp3) is 0.909. The maximum Gasteiger partial charge on any atom is 0.320 e. The van der Waals surface area contributed by atoms with Crippen molar-refractivity contribution in [1.29, 1.82) is 0 Å². The lowest BCUT2D eigenvalue weighted by Crippen LogP contribution is -2.55. The van der Waals surface area contributed by atoms with Gasteiger partial charge in [0.05, 0.1) is 0 Å². The largest absolute Gasteiger partial charge is 0.325 e. The van der Waals surface area contributed by atoms with Gasteiger partial charge in [0.25, 0.3) is 0 Å². The van der Waals surface area contributed by atoms with Crippen molar-refractivity contribution in [3.63, 3.8) is 0 Å². The molecule has 0 aliphatic carbocycles. The van der Waals surface area contributed by atoms with E-state index in [-0.39, 0.29) is 12.1 Å². The summed E-state index contributed by atoms with van der Waals surface area (Å²) in [4.78, 5) is 37.8. The number of carbonyl (C=O) groups is 2. The van der Waals surface area contributed by atoms with Gasteiger partial charge < -0.3 is 19.6 Å². The summed E-state index contributed by atoms with van der Waals surface area (Å²) in [5.74, 6) is 0.583. The molecule has 174 valence electrons. The van der Waals surface area contributed by atoms with E-state index in [0.717, 1.165) is 91.6 Å². The van der Waals surface area contributed by atoms with Crippen molar-refractivity contribution in [2.24, 2.45) is 5.92 Å². The standard InChI is InChI=1S/C22H44N6O2/c1-6-25(7-2)21(29)27-14-10-23(11-15-27)18-20(5)19-24-12-16-28(17-13-24)22(30)26(8-3)9-4/h20H,6-19H2,1-5H3. The van der Waals surface area contributed by atoms with E-state index in [2.05, 4.69) is 16.7 Å². The zero-order valence-electron chi connectivity index (χ0n) is 20.0. The molecule has 0 bridgehead atoms. The van der Waals surface area contributed by atoms with E-state index < -0.39 is 0 Å². The second-order valence-electron chi connectivity index (χ2n) is 8.59. The van der Waals surface area contributed by atoms with Gasteiger partial charge in [-0.25, -0.2) is 9.59 Å². The maximum atomic E-state index is 12.5. The van der Waals surface area contributed by atoms with Gasteiger partial charge in [-0.2, -0.15) is 0 Å². The van der Waals surface area contributed by atoms with Gasteiger partial charge in [-0.1, -0.05) is 6.92 Å². The normalized spacial score (nSPS) is 18.7. The lowest BCUT2D eigenvalue weighted by atomic mass is 10.1. The number of nitrogens with zero attached hydrogens (tertiary/aromatic N) is 6. The summed E-state index contributed by atoms with van der Waals surface area (Å²) in [5, 5.41) is 0. The molecule has 0 atom stereocenters. The number of amides is 4. The molecule has 0 N–H and O–H groups in total. The third-order valence-corrected chi connectivity index (χ3v) is 6.49. The van der Waals surface area contributed by atoms with Gasteiger partial charge in [-0.05, 0) is 33.6 Å². The molecule has 2 aliphatic heterocycles. The molecule has 2 saturated heterocycles. The first-order valence-electron chi connectivity index (χ1n) is 12.0. The molecule has 2 rings (SSSR count). The lowest BCUT2D eigenvalue weighted by molar-refractivity contribution is 0.0886. The highest BCUT2D eigenvalue weighted by molar-refractivity contribution is 5.75. The number of hydrogen-bond acceptors (Lipinski definition) is 4. The van der Waals surface area contributed by atoms with Gasteiger partial charge >= 0.3 is 12.1 Å². The van der Waals surface area contributed by atoms with Crippen LogP contribution in [0.5, 0.6) is 0 Å². The van der Waals surface area contributed by atoms with Gasteiger partial charge in [0, 0.05) is 91.6 Å². The Hall–Kier alpha value is -1.54. The predicted octanol–water partition coefficient (Wildman–Crippen LogP) is 1.78. The molecule has 0 radical (unpaired) electrons. The highest BCUT2D eigenvalue weighted by Gasteiger charge is 2.27. The summed E-state index contributed by atoms with van der Waals surface area (Å²) in [7, 11) is 0. The summed E-state index contributed by atoms with van der Waals surface area (Å²) >= 11 is 0.